The maximum absolute atomic E-state index is 11.2. The summed E-state index contributed by atoms with van der Waals surface area (Å²) in [5.41, 5.74) is 2.99. The van der Waals surface area contributed by atoms with Crippen LogP contribution in [0.2, 0.25) is 0 Å². The van der Waals surface area contributed by atoms with E-state index < -0.39 is 12.2 Å². The van der Waals surface area contributed by atoms with Gasteiger partial charge in [-0.1, -0.05) is 80.4 Å². The minimum atomic E-state index is -0.479. The van der Waals surface area contributed by atoms with E-state index in [1.54, 1.807) is 62.4 Å². The lowest BCUT2D eigenvalue weighted by Crippen LogP contribution is -2.00. The summed E-state index contributed by atoms with van der Waals surface area (Å²) in [6.07, 6.45) is -0.957. The fraction of sp³-hybridized carbons (Fsp3) is 0.300. The van der Waals surface area contributed by atoms with Crippen molar-refractivity contribution in [2.75, 3.05) is 10.7 Å². The van der Waals surface area contributed by atoms with Gasteiger partial charge in [-0.15, -0.1) is 0 Å². The number of rotatable bonds is 6. The summed E-state index contributed by atoms with van der Waals surface area (Å²) >= 11 is 6.20. The second kappa shape index (κ2) is 11.4. The van der Waals surface area contributed by atoms with E-state index in [0.717, 1.165) is 11.1 Å². The third-order valence-corrected chi connectivity index (χ3v) is 4.69. The van der Waals surface area contributed by atoms with Crippen molar-refractivity contribution >= 4 is 43.4 Å². The highest BCUT2D eigenvalue weighted by molar-refractivity contribution is 9.09. The molecule has 0 amide bonds. The van der Waals surface area contributed by atoms with Crippen molar-refractivity contribution in [1.29, 1.82) is 0 Å². The summed E-state index contributed by atoms with van der Waals surface area (Å²) in [6.45, 7) is 3.39. The van der Waals surface area contributed by atoms with Crippen molar-refractivity contribution in [3.8, 4) is 0 Å². The minimum absolute atomic E-state index is 0.0529. The molecule has 2 N–H and O–H groups in total. The summed E-state index contributed by atoms with van der Waals surface area (Å²) in [4.78, 5) is 22.4. The molecular weight excluding hydrogens is 464 g/mol. The van der Waals surface area contributed by atoms with Gasteiger partial charge in [0, 0.05) is 11.1 Å². The molecule has 0 radical (unpaired) electrons. The zero-order valence-corrected chi connectivity index (χ0v) is 17.8. The van der Waals surface area contributed by atoms with Gasteiger partial charge in [0.2, 0.25) is 0 Å². The lowest BCUT2D eigenvalue weighted by molar-refractivity contribution is 0.101. The highest BCUT2D eigenvalue weighted by Crippen LogP contribution is 2.14. The van der Waals surface area contributed by atoms with Crippen LogP contribution in [0, 0.1) is 0 Å². The molecule has 2 aromatic carbocycles. The van der Waals surface area contributed by atoms with E-state index in [2.05, 4.69) is 31.9 Å². The van der Waals surface area contributed by atoms with Gasteiger partial charge in [-0.25, -0.2) is 0 Å². The third-order valence-electron chi connectivity index (χ3n) is 3.67. The van der Waals surface area contributed by atoms with Crippen LogP contribution in [-0.4, -0.2) is 32.4 Å². The fourth-order valence-corrected chi connectivity index (χ4v) is 2.70. The molecule has 6 heteroatoms. The average molecular weight is 486 g/mol. The zero-order valence-electron chi connectivity index (χ0n) is 14.7. The van der Waals surface area contributed by atoms with Gasteiger partial charge < -0.3 is 10.2 Å². The highest BCUT2D eigenvalue weighted by atomic mass is 79.9. The normalized spacial score (nSPS) is 12.5. The number of hydrogen-bond donors (Lipinski definition) is 2. The summed E-state index contributed by atoms with van der Waals surface area (Å²) < 4.78 is 0. The van der Waals surface area contributed by atoms with Crippen molar-refractivity contribution in [2.45, 2.75) is 26.1 Å². The van der Waals surface area contributed by atoms with E-state index in [1.165, 1.54) is 0 Å². The Morgan fingerprint density at radius 2 is 1.00 bits per heavy atom. The first-order valence-corrected chi connectivity index (χ1v) is 10.3. The van der Waals surface area contributed by atoms with Gasteiger partial charge in [-0.05, 0) is 25.0 Å². The van der Waals surface area contributed by atoms with Crippen LogP contribution >= 0.6 is 31.9 Å². The lowest BCUT2D eigenvalue weighted by Gasteiger charge is -2.04. The van der Waals surface area contributed by atoms with E-state index >= 15 is 0 Å². The highest BCUT2D eigenvalue weighted by Gasteiger charge is 2.05. The van der Waals surface area contributed by atoms with Gasteiger partial charge >= 0.3 is 0 Å². The summed E-state index contributed by atoms with van der Waals surface area (Å²) in [7, 11) is 0. The molecule has 2 atom stereocenters. The maximum Gasteiger partial charge on any atom is 0.173 e. The number of aliphatic hydroxyl groups excluding tert-OH is 2. The molecule has 0 aromatic heterocycles. The Balaban J connectivity index is 0.000000260. The number of Topliss-reactive ketones (excluding diaryl/α,β-unsaturated/α-hetero) is 2. The Morgan fingerprint density at radius 1 is 0.731 bits per heavy atom. The van der Waals surface area contributed by atoms with Gasteiger partial charge in [0.15, 0.2) is 11.6 Å². The number of benzene rings is 2. The van der Waals surface area contributed by atoms with Gasteiger partial charge in [0.05, 0.1) is 22.9 Å². The maximum atomic E-state index is 11.2. The van der Waals surface area contributed by atoms with Crippen LogP contribution < -0.4 is 0 Å². The largest absolute Gasteiger partial charge is 0.389 e. The number of halogens is 2. The molecule has 0 aliphatic heterocycles. The SMILES string of the molecule is CC(O)c1ccc(C(=O)CBr)cc1.CC(O)c1ccc(C(=O)CBr)cc1. The van der Waals surface area contributed by atoms with Crippen LogP contribution in [0.3, 0.4) is 0 Å². The Morgan fingerprint density at radius 3 is 1.19 bits per heavy atom. The van der Waals surface area contributed by atoms with E-state index in [-0.39, 0.29) is 11.6 Å². The fourth-order valence-electron chi connectivity index (χ4n) is 2.05. The lowest BCUT2D eigenvalue weighted by atomic mass is 10.1. The summed E-state index contributed by atoms with van der Waals surface area (Å²) in [5.74, 6) is 0.106. The minimum Gasteiger partial charge on any atom is -0.389 e. The molecule has 4 nitrogen and oxygen atoms in total. The number of alkyl halides is 2. The van der Waals surface area contributed by atoms with Crippen molar-refractivity contribution < 1.29 is 19.8 Å². The molecule has 2 rings (SSSR count). The molecule has 0 heterocycles. The molecule has 0 aliphatic rings. The predicted octanol–water partition coefficient (Wildman–Crippen LogP) is 4.64. The van der Waals surface area contributed by atoms with E-state index in [4.69, 9.17) is 0 Å². The summed E-state index contributed by atoms with van der Waals surface area (Å²) in [6, 6.07) is 14.0. The average Bonchev–Trinajstić information content (AvgIpc) is 2.67. The molecule has 0 saturated carbocycles. The van der Waals surface area contributed by atoms with Gasteiger partial charge in [-0.2, -0.15) is 0 Å². The number of ketones is 2. The monoisotopic (exact) mass is 484 g/mol. The predicted molar refractivity (Wildman–Crippen MR) is 110 cm³/mol. The van der Waals surface area contributed by atoms with Crippen molar-refractivity contribution in [2.24, 2.45) is 0 Å². The molecule has 0 saturated heterocycles. The van der Waals surface area contributed by atoms with Gasteiger partial charge in [0.25, 0.3) is 0 Å². The second-order valence-corrected chi connectivity index (χ2v) is 6.83. The number of aliphatic hydroxyl groups is 2. The van der Waals surface area contributed by atoms with Crippen molar-refractivity contribution in [1.82, 2.24) is 0 Å². The molecule has 2 unspecified atom stereocenters. The quantitative estimate of drug-likeness (QED) is 0.461. The smallest absolute Gasteiger partial charge is 0.173 e. The van der Waals surface area contributed by atoms with E-state index in [0.29, 0.717) is 21.8 Å². The first-order valence-electron chi connectivity index (χ1n) is 8.04. The third kappa shape index (κ3) is 7.11. The molecule has 2 aromatic rings. The Bertz CT molecular complexity index is 644. The Hall–Kier alpha value is -1.34. The van der Waals surface area contributed by atoms with Crippen LogP contribution in [-0.2, 0) is 0 Å². The second-order valence-electron chi connectivity index (χ2n) is 5.71. The van der Waals surface area contributed by atoms with Crippen molar-refractivity contribution in [3.05, 3.63) is 70.8 Å². The zero-order chi connectivity index (χ0) is 19.7. The van der Waals surface area contributed by atoms with Crippen LogP contribution in [0.25, 0.3) is 0 Å². The molecule has 0 fully saturated rings. The van der Waals surface area contributed by atoms with Crippen LogP contribution in [0.4, 0.5) is 0 Å². The molecule has 0 spiro atoms. The number of hydrogen-bond acceptors (Lipinski definition) is 4. The summed E-state index contributed by atoms with van der Waals surface area (Å²) in [5, 5.41) is 19.1. The topological polar surface area (TPSA) is 74.6 Å². The van der Waals surface area contributed by atoms with E-state index in [1.807, 2.05) is 0 Å². The Labute approximate surface area is 170 Å². The molecule has 0 aliphatic carbocycles. The first kappa shape index (κ1) is 22.7. The number of carbonyl (C=O) groups excluding carboxylic acids is 2. The number of carbonyl (C=O) groups is 2. The van der Waals surface area contributed by atoms with Gasteiger partial charge in [-0.3, -0.25) is 9.59 Å². The van der Waals surface area contributed by atoms with E-state index in [9.17, 15) is 19.8 Å². The standard InChI is InChI=1S/2C10H11BrO2/c2*1-7(12)8-2-4-9(5-3-8)10(13)6-11/h2*2-5,7,12H,6H2,1H3. The molecular formula is C20H22Br2O4. The van der Waals surface area contributed by atoms with Crippen molar-refractivity contribution in [3.63, 3.8) is 0 Å². The van der Waals surface area contributed by atoms with Crippen LogP contribution in [0.1, 0.15) is 57.9 Å². The molecule has 0 bridgehead atoms. The van der Waals surface area contributed by atoms with Crippen LogP contribution in [0.5, 0.6) is 0 Å². The van der Waals surface area contributed by atoms with Crippen LogP contribution in [0.15, 0.2) is 48.5 Å². The van der Waals surface area contributed by atoms with Gasteiger partial charge in [0.1, 0.15) is 0 Å². The first-order chi connectivity index (χ1) is 12.3. The molecule has 26 heavy (non-hydrogen) atoms. The molecule has 140 valence electrons. The Kier molecular flexibility index (Phi) is 9.94.